The molecule has 0 radical (unpaired) electrons. The maximum absolute atomic E-state index is 5.61. The van der Waals surface area contributed by atoms with E-state index in [1.54, 1.807) is 6.20 Å². The number of nitrogen functional groups attached to an aromatic ring is 1. The summed E-state index contributed by atoms with van der Waals surface area (Å²) < 4.78 is 2.70. The maximum Gasteiger partial charge on any atom is 0.127 e. The molecule has 0 aliphatic carbocycles. The van der Waals surface area contributed by atoms with Crippen LogP contribution in [0.15, 0.2) is 10.8 Å². The Bertz CT molecular complexity index is 259. The van der Waals surface area contributed by atoms with Gasteiger partial charge >= 0.3 is 0 Å². The average molecular weight is 218 g/mol. The smallest absolute Gasteiger partial charge is 0.127 e. The molecule has 1 aromatic heterocycles. The lowest BCUT2D eigenvalue weighted by Gasteiger charge is -2.20. The second kappa shape index (κ2) is 2.52. The number of hydrogen-bond donors (Lipinski definition) is 1. The Balaban J connectivity index is 3.15. The van der Waals surface area contributed by atoms with Crippen LogP contribution >= 0.6 is 15.9 Å². The first-order chi connectivity index (χ1) is 4.93. The Labute approximate surface area is 74.7 Å². The molecule has 0 aromatic carbocycles. The Morgan fingerprint density at radius 2 is 2.09 bits per heavy atom. The molecule has 0 aliphatic heterocycles. The fraction of sp³-hybridized carbons (Fsp3) is 0.571. The van der Waals surface area contributed by atoms with Crippen molar-refractivity contribution >= 4 is 21.6 Å². The third kappa shape index (κ3) is 1.56. The van der Waals surface area contributed by atoms with E-state index in [1.165, 1.54) is 0 Å². The molecule has 0 aliphatic rings. The van der Waals surface area contributed by atoms with Crippen molar-refractivity contribution in [3.05, 3.63) is 10.8 Å². The highest BCUT2D eigenvalue weighted by atomic mass is 79.9. The Kier molecular flexibility index (Phi) is 1.96. The normalized spacial score (nSPS) is 12.0. The van der Waals surface area contributed by atoms with Crippen molar-refractivity contribution in [2.75, 3.05) is 5.73 Å². The third-order valence-electron chi connectivity index (χ3n) is 1.37. The zero-order valence-electron chi connectivity index (χ0n) is 6.93. The van der Waals surface area contributed by atoms with Crippen LogP contribution in [0.2, 0.25) is 0 Å². The molecule has 4 heteroatoms. The molecule has 0 saturated carbocycles. The summed E-state index contributed by atoms with van der Waals surface area (Å²) in [6.45, 7) is 6.22. The third-order valence-corrected chi connectivity index (χ3v) is 2.17. The minimum atomic E-state index is -0.0174. The van der Waals surface area contributed by atoms with Gasteiger partial charge in [-0.3, -0.25) is 4.68 Å². The standard InChI is InChI=1S/C7H12BrN3/c1-7(2,3)11-6(8)5(9)4-10-11/h4H,9H2,1-3H3. The zero-order chi connectivity index (χ0) is 8.65. The summed E-state index contributed by atoms with van der Waals surface area (Å²) in [6, 6.07) is 0. The lowest BCUT2D eigenvalue weighted by Crippen LogP contribution is -2.23. The summed E-state index contributed by atoms with van der Waals surface area (Å²) in [5.74, 6) is 0. The van der Waals surface area contributed by atoms with Crippen LogP contribution in [0.1, 0.15) is 20.8 Å². The van der Waals surface area contributed by atoms with Gasteiger partial charge in [-0.2, -0.15) is 5.10 Å². The van der Waals surface area contributed by atoms with Crippen LogP contribution in [0.3, 0.4) is 0 Å². The quantitative estimate of drug-likeness (QED) is 0.723. The van der Waals surface area contributed by atoms with Gasteiger partial charge in [0, 0.05) is 0 Å². The first-order valence-electron chi connectivity index (χ1n) is 3.42. The van der Waals surface area contributed by atoms with E-state index in [0.29, 0.717) is 5.69 Å². The molecule has 3 nitrogen and oxygen atoms in total. The van der Waals surface area contributed by atoms with Gasteiger partial charge in [0.25, 0.3) is 0 Å². The summed E-state index contributed by atoms with van der Waals surface area (Å²) in [6.07, 6.45) is 1.65. The van der Waals surface area contributed by atoms with Crippen molar-refractivity contribution < 1.29 is 0 Å². The van der Waals surface area contributed by atoms with Crippen molar-refractivity contribution in [2.24, 2.45) is 0 Å². The number of nitrogens with zero attached hydrogens (tertiary/aromatic N) is 2. The van der Waals surface area contributed by atoms with Crippen LogP contribution in [0.25, 0.3) is 0 Å². The SMILES string of the molecule is CC(C)(C)n1ncc(N)c1Br. The van der Waals surface area contributed by atoms with Crippen LogP contribution in [-0.2, 0) is 5.54 Å². The highest BCUT2D eigenvalue weighted by Gasteiger charge is 2.17. The molecule has 62 valence electrons. The molecule has 11 heavy (non-hydrogen) atoms. The lowest BCUT2D eigenvalue weighted by molar-refractivity contribution is 0.349. The van der Waals surface area contributed by atoms with Crippen molar-refractivity contribution in [1.29, 1.82) is 0 Å². The van der Waals surface area contributed by atoms with Gasteiger partial charge in [-0.15, -0.1) is 0 Å². The molecule has 0 bridgehead atoms. The van der Waals surface area contributed by atoms with Crippen LogP contribution in [0.4, 0.5) is 5.69 Å². The van der Waals surface area contributed by atoms with E-state index in [2.05, 4.69) is 41.8 Å². The summed E-state index contributed by atoms with van der Waals surface area (Å²) in [5.41, 5.74) is 6.27. The Morgan fingerprint density at radius 1 is 1.55 bits per heavy atom. The van der Waals surface area contributed by atoms with Crippen molar-refractivity contribution in [3.8, 4) is 0 Å². The number of aromatic nitrogens is 2. The molecule has 1 heterocycles. The zero-order valence-corrected chi connectivity index (χ0v) is 8.51. The number of halogens is 1. The highest BCUT2D eigenvalue weighted by molar-refractivity contribution is 9.10. The van der Waals surface area contributed by atoms with E-state index in [4.69, 9.17) is 5.73 Å². The van der Waals surface area contributed by atoms with Gasteiger partial charge in [-0.05, 0) is 36.7 Å². The monoisotopic (exact) mass is 217 g/mol. The molecular weight excluding hydrogens is 206 g/mol. The molecule has 1 aromatic rings. The Hall–Kier alpha value is -0.510. The minimum absolute atomic E-state index is 0.0174. The molecule has 0 fully saturated rings. The summed E-state index contributed by atoms with van der Waals surface area (Å²) in [5, 5.41) is 4.13. The number of nitrogens with two attached hydrogens (primary N) is 1. The van der Waals surface area contributed by atoms with E-state index in [0.717, 1.165) is 4.60 Å². The molecule has 0 amide bonds. The van der Waals surface area contributed by atoms with Crippen molar-refractivity contribution in [2.45, 2.75) is 26.3 Å². The highest BCUT2D eigenvalue weighted by Crippen LogP contribution is 2.24. The van der Waals surface area contributed by atoms with E-state index < -0.39 is 0 Å². The van der Waals surface area contributed by atoms with E-state index >= 15 is 0 Å². The molecular formula is C7H12BrN3. The first kappa shape index (κ1) is 8.59. The number of hydrogen-bond acceptors (Lipinski definition) is 2. The maximum atomic E-state index is 5.61. The van der Waals surface area contributed by atoms with Crippen LogP contribution in [0.5, 0.6) is 0 Å². The van der Waals surface area contributed by atoms with Crippen molar-refractivity contribution in [3.63, 3.8) is 0 Å². The minimum Gasteiger partial charge on any atom is -0.395 e. The van der Waals surface area contributed by atoms with Crippen molar-refractivity contribution in [1.82, 2.24) is 9.78 Å². The van der Waals surface area contributed by atoms with Gasteiger partial charge < -0.3 is 5.73 Å². The molecule has 0 saturated heterocycles. The molecule has 1 rings (SSSR count). The van der Waals surface area contributed by atoms with Gasteiger partial charge in [0.15, 0.2) is 0 Å². The molecule has 0 spiro atoms. The topological polar surface area (TPSA) is 43.8 Å². The predicted octanol–water partition coefficient (Wildman–Crippen LogP) is 1.98. The number of anilines is 1. The predicted molar refractivity (Wildman–Crippen MR) is 49.3 cm³/mol. The lowest BCUT2D eigenvalue weighted by atomic mass is 10.1. The van der Waals surface area contributed by atoms with Gasteiger partial charge in [0.2, 0.25) is 0 Å². The van der Waals surface area contributed by atoms with Crippen LogP contribution in [-0.4, -0.2) is 9.78 Å². The second-order valence-electron chi connectivity index (χ2n) is 3.47. The van der Waals surface area contributed by atoms with E-state index in [-0.39, 0.29) is 5.54 Å². The summed E-state index contributed by atoms with van der Waals surface area (Å²) in [4.78, 5) is 0. The largest absolute Gasteiger partial charge is 0.395 e. The van der Waals surface area contributed by atoms with E-state index in [1.807, 2.05) is 4.68 Å². The fourth-order valence-corrected chi connectivity index (χ4v) is 1.54. The second-order valence-corrected chi connectivity index (χ2v) is 4.22. The average Bonchev–Trinajstić information content (AvgIpc) is 2.11. The van der Waals surface area contributed by atoms with Gasteiger partial charge in [-0.25, -0.2) is 0 Å². The van der Waals surface area contributed by atoms with E-state index in [9.17, 15) is 0 Å². The molecule has 0 unspecified atom stereocenters. The van der Waals surface area contributed by atoms with Gasteiger partial charge in [-0.1, -0.05) is 0 Å². The Morgan fingerprint density at radius 3 is 2.27 bits per heavy atom. The van der Waals surface area contributed by atoms with Crippen LogP contribution in [0, 0.1) is 0 Å². The summed E-state index contributed by atoms with van der Waals surface area (Å²) >= 11 is 3.36. The summed E-state index contributed by atoms with van der Waals surface area (Å²) in [7, 11) is 0. The number of rotatable bonds is 0. The van der Waals surface area contributed by atoms with Gasteiger partial charge in [0.05, 0.1) is 17.4 Å². The van der Waals surface area contributed by atoms with Gasteiger partial charge in [0.1, 0.15) is 4.60 Å². The first-order valence-corrected chi connectivity index (χ1v) is 4.21. The van der Waals surface area contributed by atoms with Crippen LogP contribution < -0.4 is 5.73 Å². The fourth-order valence-electron chi connectivity index (χ4n) is 0.814. The molecule has 2 N–H and O–H groups in total. The molecule has 0 atom stereocenters.